The highest BCUT2D eigenvalue weighted by Gasteiger charge is 2.51. The Morgan fingerprint density at radius 1 is 0.957 bits per heavy atom. The number of hydrogen-bond donors (Lipinski definition) is 6. The molecule has 16 heteroatoms. The first-order chi connectivity index (χ1) is 33.2. The monoisotopic (exact) mass is 966 g/mol. The maximum atomic E-state index is 14.9. The van der Waals surface area contributed by atoms with Crippen molar-refractivity contribution in [2.45, 2.75) is 117 Å². The summed E-state index contributed by atoms with van der Waals surface area (Å²) in [6.07, 6.45) is 5.63. The summed E-state index contributed by atoms with van der Waals surface area (Å²) in [5.41, 5.74) is 0.972. The molecule has 6 N–H and O–H groups in total. The Bertz CT molecular complexity index is 2680. The van der Waals surface area contributed by atoms with Crippen molar-refractivity contribution in [1.29, 1.82) is 0 Å². The molecule has 3 aromatic carbocycles. The standard InChI is InChI=1S/C54H71N5O11/c1-29(2)28-59-24-21-54(22-25-59)57-42-39-40-47(63)35(8)50-41(39)51(65)53(9,70-50)68-26-20-37(67-10)32(5)49(69-38(60)27-55-23-19-36-17-12-11-13-18-36)34(7)46(62)33(6)45(61)30(3)15-14-16-31(4)52(66)56-44(48(40)64)43(42)58-54/h11-18,20,26,29-30,32-34,37,45-46,49,55,57,61-64H,19,21-25,27-28H2,1-10H3/b15-14+,26-20+,31-16-,56-44?/t30-,32+,33+,34+,37-,45-,46+,49?,53-/m0/s1. The Morgan fingerprint density at radius 3 is 2.33 bits per heavy atom. The van der Waals surface area contributed by atoms with Gasteiger partial charge >= 0.3 is 11.8 Å². The van der Waals surface area contributed by atoms with E-state index in [9.17, 15) is 34.8 Å². The summed E-state index contributed by atoms with van der Waals surface area (Å²) in [7, 11) is 1.48. The highest BCUT2D eigenvalue weighted by molar-refractivity contribution is 6.21. The third-order valence-corrected chi connectivity index (χ3v) is 14.6. The summed E-state index contributed by atoms with van der Waals surface area (Å²) in [5, 5.41) is 54.4. The smallest absolute Gasteiger partial charge is 0.320 e. The zero-order valence-corrected chi connectivity index (χ0v) is 42.1. The number of carbonyl (C=O) groups is 3. The average Bonchev–Trinajstić information content (AvgIpc) is 3.84. The Hall–Kier alpha value is -5.65. The predicted molar refractivity (Wildman–Crippen MR) is 265 cm³/mol. The second-order valence-electron chi connectivity index (χ2n) is 20.3. The number of rotatable bonds is 9. The first-order valence-electron chi connectivity index (χ1n) is 24.5. The van der Waals surface area contributed by atoms with Crippen molar-refractivity contribution in [3.63, 3.8) is 0 Å². The molecule has 9 atom stereocenters. The van der Waals surface area contributed by atoms with Gasteiger partial charge in [-0.25, -0.2) is 4.99 Å². The molecule has 1 amide bonds. The van der Waals surface area contributed by atoms with Gasteiger partial charge in [-0.05, 0) is 44.4 Å². The normalized spacial score (nSPS) is 29.9. The minimum atomic E-state index is -1.98. The number of phenols is 2. The summed E-state index contributed by atoms with van der Waals surface area (Å²) < 4.78 is 24.7. The van der Waals surface area contributed by atoms with E-state index in [0.29, 0.717) is 37.4 Å². The van der Waals surface area contributed by atoms with Crippen LogP contribution in [-0.2, 0) is 30.2 Å². The molecule has 1 saturated heterocycles. The number of likely N-dealkylation sites (tertiary alicyclic amines) is 1. The summed E-state index contributed by atoms with van der Waals surface area (Å²) in [6, 6.07) is 9.88. The van der Waals surface area contributed by atoms with Crippen molar-refractivity contribution in [3.8, 4) is 17.2 Å². The van der Waals surface area contributed by atoms with Crippen LogP contribution in [0.2, 0.25) is 0 Å². The van der Waals surface area contributed by atoms with Gasteiger partial charge in [0.15, 0.2) is 5.75 Å². The van der Waals surface area contributed by atoms with Gasteiger partial charge in [0.1, 0.15) is 34.0 Å². The molecule has 5 bridgehead atoms. The van der Waals surface area contributed by atoms with E-state index in [-0.39, 0.29) is 56.2 Å². The number of allylic oxidation sites excluding steroid dienone is 2. The third-order valence-electron chi connectivity index (χ3n) is 14.6. The molecule has 3 aromatic rings. The number of piperidine rings is 1. The van der Waals surface area contributed by atoms with E-state index in [1.165, 1.54) is 20.3 Å². The first kappa shape index (κ1) is 52.2. The lowest BCUT2D eigenvalue weighted by molar-refractivity contribution is -0.162. The summed E-state index contributed by atoms with van der Waals surface area (Å²) in [5.74, 6) is -6.77. The molecule has 0 saturated carbocycles. The van der Waals surface area contributed by atoms with Gasteiger partial charge in [-0.2, -0.15) is 0 Å². The molecule has 8 rings (SSSR count). The van der Waals surface area contributed by atoms with Gasteiger partial charge in [-0.3, -0.25) is 19.4 Å². The maximum Gasteiger partial charge on any atom is 0.320 e. The van der Waals surface area contributed by atoms with E-state index < -0.39 is 82.9 Å². The molecule has 1 unspecified atom stereocenters. The van der Waals surface area contributed by atoms with Crippen LogP contribution in [0, 0.1) is 36.5 Å². The van der Waals surface area contributed by atoms with Crippen LogP contribution < -0.4 is 26.1 Å². The summed E-state index contributed by atoms with van der Waals surface area (Å²) in [4.78, 5) is 54.4. The summed E-state index contributed by atoms with van der Waals surface area (Å²) in [6.45, 7) is 18.8. The number of hydrogen-bond acceptors (Lipinski definition) is 15. The fourth-order valence-corrected chi connectivity index (χ4v) is 10.3. The molecule has 5 aliphatic rings. The van der Waals surface area contributed by atoms with E-state index in [0.717, 1.165) is 25.2 Å². The zero-order chi connectivity index (χ0) is 50.8. The minimum absolute atomic E-state index is 0.0487. The number of Topliss-reactive ketones (excluding diaryl/α,β-unsaturated/α-hetero) is 1. The largest absolute Gasteiger partial charge is 0.507 e. The van der Waals surface area contributed by atoms with Crippen LogP contribution >= 0.6 is 0 Å². The van der Waals surface area contributed by atoms with Crippen LogP contribution in [0.1, 0.15) is 89.7 Å². The third kappa shape index (κ3) is 10.5. The van der Waals surface area contributed by atoms with Gasteiger partial charge in [-0.1, -0.05) is 90.1 Å². The number of ether oxygens (including phenoxy) is 4. The quantitative estimate of drug-likeness (QED) is 0.0879. The topological polar surface area (TPSA) is 221 Å². The second-order valence-corrected chi connectivity index (χ2v) is 20.3. The van der Waals surface area contributed by atoms with Crippen LogP contribution in [0.15, 0.2) is 76.5 Å². The van der Waals surface area contributed by atoms with Crippen LogP contribution in [0.5, 0.6) is 17.2 Å². The number of carbonyl (C=O) groups excluding carboxylic acids is 3. The average molecular weight is 966 g/mol. The van der Waals surface area contributed by atoms with Crippen LogP contribution in [0.3, 0.4) is 0 Å². The number of esters is 1. The van der Waals surface area contributed by atoms with Gasteiger partial charge in [0.2, 0.25) is 0 Å². The number of ketones is 1. The van der Waals surface area contributed by atoms with Gasteiger partial charge in [0.05, 0.1) is 47.8 Å². The zero-order valence-electron chi connectivity index (χ0n) is 42.1. The molecular formula is C54H71N5O11. The van der Waals surface area contributed by atoms with Gasteiger partial charge < -0.3 is 54.9 Å². The number of aliphatic hydroxyl groups excluding tert-OH is 2. The van der Waals surface area contributed by atoms with E-state index >= 15 is 0 Å². The Labute approximate surface area is 410 Å². The Balaban J connectivity index is 1.30. The molecule has 70 heavy (non-hydrogen) atoms. The molecule has 1 fully saturated rings. The molecule has 5 heterocycles. The van der Waals surface area contributed by atoms with E-state index in [4.69, 9.17) is 23.9 Å². The molecule has 5 aliphatic heterocycles. The number of anilines is 1. The number of nitrogens with one attached hydrogen (secondary N) is 2. The minimum Gasteiger partial charge on any atom is -0.507 e. The Morgan fingerprint density at radius 2 is 1.66 bits per heavy atom. The lowest BCUT2D eigenvalue weighted by Gasteiger charge is -2.38. The van der Waals surface area contributed by atoms with Crippen molar-refractivity contribution < 1.29 is 53.8 Å². The van der Waals surface area contributed by atoms with Gasteiger partial charge in [0.25, 0.3) is 11.7 Å². The van der Waals surface area contributed by atoms with Crippen molar-refractivity contribution >= 4 is 34.1 Å². The highest BCUT2D eigenvalue weighted by atomic mass is 16.7. The number of aliphatic hydroxyl groups is 2. The maximum absolute atomic E-state index is 14.9. The van der Waals surface area contributed by atoms with E-state index in [1.54, 1.807) is 58.9 Å². The van der Waals surface area contributed by atoms with Crippen LogP contribution in [-0.4, -0.2) is 119 Å². The number of amides is 1. The van der Waals surface area contributed by atoms with Gasteiger partial charge in [0, 0.05) is 86.7 Å². The van der Waals surface area contributed by atoms with E-state index in [2.05, 4.69) is 34.4 Å². The molecule has 0 radical (unpaired) electrons. The van der Waals surface area contributed by atoms with Crippen molar-refractivity contribution in [1.82, 2.24) is 10.2 Å². The fraction of sp³-hybridized carbons (Fsp3) is 0.537. The molecule has 378 valence electrons. The van der Waals surface area contributed by atoms with Gasteiger partial charge in [-0.15, -0.1) is 0 Å². The number of benzene rings is 3. The fourth-order valence-electron chi connectivity index (χ4n) is 10.3. The van der Waals surface area contributed by atoms with Crippen molar-refractivity contribution in [3.05, 3.63) is 93.9 Å². The first-order valence-corrected chi connectivity index (χ1v) is 24.5. The van der Waals surface area contributed by atoms with E-state index in [1.807, 2.05) is 37.3 Å². The second kappa shape index (κ2) is 21.4. The number of phenolic OH excluding ortho intramolecular Hbond substituents is 2. The van der Waals surface area contributed by atoms with Crippen LogP contribution in [0.4, 0.5) is 5.69 Å². The highest BCUT2D eigenvalue weighted by Crippen LogP contribution is 2.51. The lowest BCUT2D eigenvalue weighted by atomic mass is 9.78. The predicted octanol–water partition coefficient (Wildman–Crippen LogP) is 5.56. The van der Waals surface area contributed by atoms with Crippen LogP contribution in [0.25, 0.3) is 10.8 Å². The molecule has 0 aromatic heterocycles. The molecule has 0 aliphatic carbocycles. The summed E-state index contributed by atoms with van der Waals surface area (Å²) >= 11 is 0. The number of nitrogens with zero attached hydrogens (tertiary/aromatic N) is 3. The number of methoxy groups -OCH3 is 1. The SMILES string of the molecule is CO[C@H]1/C=C/O[C@@]2(C)Oc3c(C)c(O)c4c(O)c(c5c(c4c3C2=O)NC2(CCN(CC(C)C)CC2)N=5)=NC(=O)/C(C)=C\C=C\[C@H](C)[C@H](O)[C@@H](C)[C@@H](O)[C@@H](C)C(OC(=O)CNCCc2ccccc2)[C@@H]1C. The van der Waals surface area contributed by atoms with Crippen molar-refractivity contribution in [2.24, 2.45) is 39.6 Å². The van der Waals surface area contributed by atoms with Crippen molar-refractivity contribution in [2.75, 3.05) is 45.2 Å². The molecular weight excluding hydrogens is 895 g/mol. The number of aromatic hydroxyl groups is 2. The molecule has 1 spiro atoms. The lowest BCUT2D eigenvalue weighted by Crippen LogP contribution is -2.47. The Kier molecular flexibility index (Phi) is 15.9. The molecule has 16 nitrogen and oxygen atoms in total. The number of fused-ring (bicyclic) bond motifs is 13.